The van der Waals surface area contributed by atoms with Crippen LogP contribution in [-0.2, 0) is 0 Å². The number of anilines is 1. The van der Waals surface area contributed by atoms with E-state index in [1.165, 1.54) is 12.1 Å². The molecule has 0 N–H and O–H groups in total. The van der Waals surface area contributed by atoms with E-state index < -0.39 is 6.36 Å². The van der Waals surface area contributed by atoms with Crippen molar-refractivity contribution in [2.24, 2.45) is 0 Å². The molecule has 0 unspecified atom stereocenters. The van der Waals surface area contributed by atoms with Crippen molar-refractivity contribution in [1.29, 1.82) is 0 Å². The van der Waals surface area contributed by atoms with Crippen LogP contribution in [0.4, 0.5) is 18.9 Å². The second-order valence-corrected chi connectivity index (χ2v) is 4.47. The van der Waals surface area contributed by atoms with Crippen LogP contribution in [0.15, 0.2) is 29.4 Å². The van der Waals surface area contributed by atoms with E-state index in [-0.39, 0.29) is 5.75 Å². The van der Waals surface area contributed by atoms with Crippen LogP contribution in [0.25, 0.3) is 0 Å². The topological polar surface area (TPSA) is 12.5 Å². The number of para-hydroxylation sites is 1. The van der Waals surface area contributed by atoms with Gasteiger partial charge < -0.3 is 9.64 Å². The second-order valence-electron chi connectivity index (χ2n) is 3.99. The van der Waals surface area contributed by atoms with Crippen LogP contribution in [0.1, 0.15) is 12.0 Å². The molecule has 1 aliphatic rings. The van der Waals surface area contributed by atoms with Crippen LogP contribution in [0.3, 0.4) is 0 Å². The lowest BCUT2D eigenvalue weighted by molar-refractivity contribution is -0.274. The predicted molar refractivity (Wildman–Crippen MR) is 63.8 cm³/mol. The Morgan fingerprint density at radius 1 is 1.33 bits per heavy atom. The van der Waals surface area contributed by atoms with Gasteiger partial charge in [0.15, 0.2) is 5.75 Å². The highest BCUT2D eigenvalue weighted by Gasteiger charge is 2.33. The first kappa shape index (κ1) is 13.1. The Labute approximate surface area is 108 Å². The molecule has 1 aromatic rings. The molecule has 0 saturated carbocycles. The minimum atomic E-state index is -4.70. The van der Waals surface area contributed by atoms with Crippen molar-refractivity contribution in [3.63, 3.8) is 0 Å². The van der Waals surface area contributed by atoms with Gasteiger partial charge in [-0.05, 0) is 18.6 Å². The van der Waals surface area contributed by atoms with Gasteiger partial charge in [-0.2, -0.15) is 0 Å². The number of alkyl halides is 3. The zero-order valence-corrected chi connectivity index (χ0v) is 10.3. The third kappa shape index (κ3) is 2.90. The number of rotatable bonds is 2. The summed E-state index contributed by atoms with van der Waals surface area (Å²) >= 11 is 5.85. The third-order valence-corrected chi connectivity index (χ3v) is 2.89. The Bertz CT molecular complexity index is 485. The molecule has 0 radical (unpaired) electrons. The van der Waals surface area contributed by atoms with E-state index in [1.807, 2.05) is 0 Å². The maximum Gasteiger partial charge on any atom is 0.573 e. The van der Waals surface area contributed by atoms with Crippen molar-refractivity contribution < 1.29 is 17.9 Å². The average molecular weight is 278 g/mol. The number of hydrogen-bond donors (Lipinski definition) is 0. The predicted octanol–water partition coefficient (Wildman–Crippen LogP) is 4.18. The molecule has 2 rings (SSSR count). The van der Waals surface area contributed by atoms with Gasteiger partial charge in [0, 0.05) is 24.2 Å². The summed E-state index contributed by atoms with van der Waals surface area (Å²) in [5, 5.41) is 0.621. The summed E-state index contributed by atoms with van der Waals surface area (Å²) < 4.78 is 41.1. The number of benzene rings is 1. The molecule has 98 valence electrons. The smallest absolute Gasteiger partial charge is 0.404 e. The molecule has 0 spiro atoms. The largest absolute Gasteiger partial charge is 0.573 e. The zero-order chi connectivity index (χ0) is 13.3. The lowest BCUT2D eigenvalue weighted by Gasteiger charge is -2.22. The summed E-state index contributed by atoms with van der Waals surface area (Å²) in [7, 11) is 0. The second kappa shape index (κ2) is 4.72. The number of hydrogen-bond acceptors (Lipinski definition) is 2. The number of halogens is 4. The Kier molecular flexibility index (Phi) is 3.43. The normalized spacial score (nSPS) is 15.8. The van der Waals surface area contributed by atoms with Gasteiger partial charge >= 0.3 is 6.36 Å². The minimum absolute atomic E-state index is 0.204. The van der Waals surface area contributed by atoms with Gasteiger partial charge in [0.05, 0.1) is 5.69 Å². The van der Waals surface area contributed by atoms with E-state index in [9.17, 15) is 13.2 Å². The van der Waals surface area contributed by atoms with Crippen LogP contribution < -0.4 is 9.64 Å². The van der Waals surface area contributed by atoms with Crippen molar-refractivity contribution in [3.05, 3.63) is 35.0 Å². The number of aryl methyl sites for hydroxylation is 1. The van der Waals surface area contributed by atoms with Gasteiger partial charge in [-0.1, -0.05) is 23.7 Å². The number of nitrogens with zero attached hydrogens (tertiary/aromatic N) is 1. The molecule has 0 saturated heterocycles. The van der Waals surface area contributed by atoms with Crippen molar-refractivity contribution >= 4 is 17.3 Å². The SMILES string of the molecule is Cc1cccc(OC(F)(F)F)c1N1C=C(Cl)CC1. The van der Waals surface area contributed by atoms with Gasteiger partial charge in [-0.25, -0.2) is 0 Å². The first-order chi connectivity index (χ1) is 8.37. The third-order valence-electron chi connectivity index (χ3n) is 2.60. The molecule has 0 fully saturated rings. The fourth-order valence-electron chi connectivity index (χ4n) is 1.91. The van der Waals surface area contributed by atoms with E-state index in [4.69, 9.17) is 11.6 Å². The van der Waals surface area contributed by atoms with Gasteiger partial charge in [-0.15, -0.1) is 13.2 Å². The van der Waals surface area contributed by atoms with E-state index in [0.717, 1.165) is 0 Å². The molecule has 18 heavy (non-hydrogen) atoms. The molecule has 1 aliphatic heterocycles. The molecule has 0 atom stereocenters. The van der Waals surface area contributed by atoms with Crippen LogP contribution in [0, 0.1) is 6.92 Å². The molecule has 6 heteroatoms. The summed E-state index contributed by atoms with van der Waals surface area (Å²) in [5.74, 6) is -0.204. The quantitative estimate of drug-likeness (QED) is 0.804. The Balaban J connectivity index is 2.39. The lowest BCUT2D eigenvalue weighted by Crippen LogP contribution is -2.21. The minimum Gasteiger partial charge on any atom is -0.404 e. The maximum atomic E-state index is 12.3. The summed E-state index contributed by atoms with van der Waals surface area (Å²) in [4.78, 5) is 1.68. The maximum absolute atomic E-state index is 12.3. The fraction of sp³-hybridized carbons (Fsp3) is 0.333. The van der Waals surface area contributed by atoms with E-state index in [1.54, 1.807) is 24.1 Å². The first-order valence-corrected chi connectivity index (χ1v) is 5.73. The van der Waals surface area contributed by atoms with Crippen molar-refractivity contribution in [3.8, 4) is 5.75 Å². The molecular formula is C12H11ClF3NO. The highest BCUT2D eigenvalue weighted by atomic mass is 35.5. The molecule has 0 amide bonds. The molecule has 0 aliphatic carbocycles. The van der Waals surface area contributed by atoms with Gasteiger partial charge in [0.25, 0.3) is 0 Å². The standard InChI is InChI=1S/C12H11ClF3NO/c1-8-3-2-4-10(18-12(14,15)16)11(8)17-6-5-9(13)7-17/h2-4,7H,5-6H2,1H3. The molecular weight excluding hydrogens is 267 g/mol. The van der Waals surface area contributed by atoms with Crippen LogP contribution in [-0.4, -0.2) is 12.9 Å². The van der Waals surface area contributed by atoms with Gasteiger partial charge in [0.2, 0.25) is 0 Å². The van der Waals surface area contributed by atoms with E-state index >= 15 is 0 Å². The van der Waals surface area contributed by atoms with E-state index in [0.29, 0.717) is 29.2 Å². The zero-order valence-electron chi connectivity index (χ0n) is 9.59. The number of ether oxygens (including phenoxy) is 1. The Hall–Kier alpha value is -1.36. The van der Waals surface area contributed by atoms with Gasteiger partial charge in [0.1, 0.15) is 0 Å². The fourth-order valence-corrected chi connectivity index (χ4v) is 2.11. The molecule has 1 heterocycles. The summed E-state index contributed by atoms with van der Waals surface area (Å²) in [6.45, 7) is 2.29. The highest BCUT2D eigenvalue weighted by Crippen LogP contribution is 2.38. The first-order valence-electron chi connectivity index (χ1n) is 5.35. The summed E-state index contributed by atoms with van der Waals surface area (Å²) in [5.41, 5.74) is 1.12. The van der Waals surface area contributed by atoms with Crippen molar-refractivity contribution in [2.75, 3.05) is 11.4 Å². The van der Waals surface area contributed by atoms with Crippen LogP contribution in [0.5, 0.6) is 5.75 Å². The summed E-state index contributed by atoms with van der Waals surface area (Å²) in [6, 6.07) is 4.57. The van der Waals surface area contributed by atoms with Crippen LogP contribution >= 0.6 is 11.6 Å². The van der Waals surface area contributed by atoms with Crippen LogP contribution in [0.2, 0.25) is 0 Å². The van der Waals surface area contributed by atoms with Crippen molar-refractivity contribution in [1.82, 2.24) is 0 Å². The highest BCUT2D eigenvalue weighted by molar-refractivity contribution is 6.30. The molecule has 1 aromatic carbocycles. The van der Waals surface area contributed by atoms with E-state index in [2.05, 4.69) is 4.74 Å². The average Bonchev–Trinajstić information content (AvgIpc) is 2.62. The molecule has 2 nitrogen and oxygen atoms in total. The molecule has 0 aromatic heterocycles. The van der Waals surface area contributed by atoms with Gasteiger partial charge in [-0.3, -0.25) is 0 Å². The Morgan fingerprint density at radius 2 is 2.06 bits per heavy atom. The Morgan fingerprint density at radius 3 is 2.61 bits per heavy atom. The monoisotopic (exact) mass is 277 g/mol. The lowest BCUT2D eigenvalue weighted by atomic mass is 10.1. The molecule has 0 bridgehead atoms. The van der Waals surface area contributed by atoms with Crippen molar-refractivity contribution in [2.45, 2.75) is 19.7 Å². The summed E-state index contributed by atoms with van der Waals surface area (Å²) in [6.07, 6.45) is -2.44.